The Morgan fingerprint density at radius 3 is 2.50 bits per heavy atom. The van der Waals surface area contributed by atoms with Crippen molar-refractivity contribution in [3.05, 3.63) is 58.7 Å². The number of carboxylic acid groups (broad SMARTS) is 1. The van der Waals surface area contributed by atoms with Crippen LogP contribution in [0, 0.1) is 11.3 Å². The standard InChI is InChI=1S/C22H22N4O4/c1-24(26-11-17-4-2-3-5-18(17)12-26)20(27)13-25(14-21(28)29)19-9-15(10-23)8-16-6-7-30-22(16)19/h2-5,8-9H,6-7,11-14H2,1H3,(H,28,29). The van der Waals surface area contributed by atoms with Crippen molar-refractivity contribution in [2.24, 2.45) is 0 Å². The molecular weight excluding hydrogens is 384 g/mol. The number of carbonyl (C=O) groups is 2. The second kappa shape index (κ2) is 8.05. The van der Waals surface area contributed by atoms with Gasteiger partial charge in [-0.2, -0.15) is 5.26 Å². The highest BCUT2D eigenvalue weighted by molar-refractivity contribution is 5.85. The second-order valence-electron chi connectivity index (χ2n) is 7.45. The summed E-state index contributed by atoms with van der Waals surface area (Å²) in [6.07, 6.45) is 0.651. The maximum atomic E-state index is 13.0. The molecule has 2 heterocycles. The highest BCUT2D eigenvalue weighted by Gasteiger charge is 2.29. The van der Waals surface area contributed by atoms with Gasteiger partial charge in [0.1, 0.15) is 12.3 Å². The number of rotatable bonds is 6. The number of benzene rings is 2. The van der Waals surface area contributed by atoms with Gasteiger partial charge in [-0.25, -0.2) is 5.01 Å². The van der Waals surface area contributed by atoms with Crippen molar-refractivity contribution in [2.45, 2.75) is 19.5 Å². The molecule has 1 amide bonds. The Balaban J connectivity index is 1.56. The van der Waals surface area contributed by atoms with Gasteiger partial charge in [0.05, 0.1) is 30.5 Å². The predicted molar refractivity (Wildman–Crippen MR) is 109 cm³/mol. The average molecular weight is 406 g/mol. The summed E-state index contributed by atoms with van der Waals surface area (Å²) in [6, 6.07) is 13.5. The molecule has 0 spiro atoms. The Morgan fingerprint density at radius 1 is 1.17 bits per heavy atom. The molecule has 0 aliphatic carbocycles. The monoisotopic (exact) mass is 406 g/mol. The van der Waals surface area contributed by atoms with E-state index >= 15 is 0 Å². The van der Waals surface area contributed by atoms with Crippen LogP contribution in [0.15, 0.2) is 36.4 Å². The number of fused-ring (bicyclic) bond motifs is 2. The number of likely N-dealkylation sites (N-methyl/N-ethyl adjacent to an activating group) is 1. The minimum absolute atomic E-state index is 0.139. The molecule has 4 rings (SSSR count). The van der Waals surface area contributed by atoms with E-state index in [1.807, 2.05) is 29.3 Å². The molecule has 2 aromatic carbocycles. The number of nitriles is 1. The van der Waals surface area contributed by atoms with Gasteiger partial charge in [0, 0.05) is 32.1 Å². The molecule has 0 saturated carbocycles. The van der Waals surface area contributed by atoms with Gasteiger partial charge in [-0.05, 0) is 23.3 Å². The lowest BCUT2D eigenvalue weighted by Crippen LogP contribution is -2.46. The molecule has 154 valence electrons. The molecule has 0 fully saturated rings. The lowest BCUT2D eigenvalue weighted by atomic mass is 10.1. The molecule has 0 unspecified atom stereocenters. The van der Waals surface area contributed by atoms with E-state index < -0.39 is 5.97 Å². The number of amides is 1. The van der Waals surface area contributed by atoms with Crippen LogP contribution in [0.5, 0.6) is 5.75 Å². The fraction of sp³-hybridized carbons (Fsp3) is 0.318. The highest BCUT2D eigenvalue weighted by atomic mass is 16.5. The Labute approximate surface area is 174 Å². The Morgan fingerprint density at radius 2 is 1.87 bits per heavy atom. The van der Waals surface area contributed by atoms with Crippen molar-refractivity contribution in [3.63, 3.8) is 0 Å². The van der Waals surface area contributed by atoms with Crippen LogP contribution in [0.25, 0.3) is 0 Å². The predicted octanol–water partition coefficient (Wildman–Crippen LogP) is 1.77. The summed E-state index contributed by atoms with van der Waals surface area (Å²) in [6.45, 7) is 1.21. The number of hydrazine groups is 1. The van der Waals surface area contributed by atoms with Crippen LogP contribution >= 0.6 is 0 Å². The van der Waals surface area contributed by atoms with Gasteiger partial charge < -0.3 is 14.7 Å². The van der Waals surface area contributed by atoms with Crippen LogP contribution in [0.2, 0.25) is 0 Å². The zero-order chi connectivity index (χ0) is 21.3. The van der Waals surface area contributed by atoms with Gasteiger partial charge in [-0.3, -0.25) is 14.6 Å². The molecule has 2 aliphatic rings. The molecule has 0 bridgehead atoms. The number of hydrogen-bond donors (Lipinski definition) is 1. The first-order valence-corrected chi connectivity index (χ1v) is 9.71. The number of anilines is 1. The quantitative estimate of drug-likeness (QED) is 0.781. The third-order valence-electron chi connectivity index (χ3n) is 5.50. The molecular formula is C22H22N4O4. The third-order valence-corrected chi connectivity index (χ3v) is 5.50. The summed E-state index contributed by atoms with van der Waals surface area (Å²) >= 11 is 0. The average Bonchev–Trinajstić information content (AvgIpc) is 3.38. The number of carbonyl (C=O) groups excluding carboxylic acids is 1. The number of carboxylic acids is 1. The summed E-state index contributed by atoms with van der Waals surface area (Å²) in [5.41, 5.74) is 4.09. The van der Waals surface area contributed by atoms with Crippen molar-refractivity contribution >= 4 is 17.6 Å². The molecule has 30 heavy (non-hydrogen) atoms. The molecule has 8 heteroatoms. The maximum Gasteiger partial charge on any atom is 0.323 e. The third kappa shape index (κ3) is 3.80. The Hall–Kier alpha value is -3.57. The molecule has 0 saturated heterocycles. The van der Waals surface area contributed by atoms with Crippen LogP contribution < -0.4 is 9.64 Å². The van der Waals surface area contributed by atoms with Crippen LogP contribution in [-0.4, -0.2) is 53.7 Å². The minimum Gasteiger partial charge on any atom is -0.491 e. The van der Waals surface area contributed by atoms with E-state index in [9.17, 15) is 20.0 Å². The zero-order valence-electron chi connectivity index (χ0n) is 16.7. The Kier molecular flexibility index (Phi) is 5.29. The van der Waals surface area contributed by atoms with Gasteiger partial charge in [0.2, 0.25) is 0 Å². The Bertz CT molecular complexity index is 1020. The number of nitrogens with zero attached hydrogens (tertiary/aromatic N) is 4. The zero-order valence-corrected chi connectivity index (χ0v) is 16.7. The van der Waals surface area contributed by atoms with E-state index in [0.717, 1.165) is 5.56 Å². The fourth-order valence-corrected chi connectivity index (χ4v) is 3.93. The molecule has 2 aliphatic heterocycles. The van der Waals surface area contributed by atoms with E-state index in [0.29, 0.717) is 43.1 Å². The summed E-state index contributed by atoms with van der Waals surface area (Å²) in [4.78, 5) is 26.0. The normalized spacial score (nSPS) is 14.4. The van der Waals surface area contributed by atoms with Crippen molar-refractivity contribution in [1.29, 1.82) is 5.26 Å². The number of aliphatic carboxylic acids is 1. The molecule has 0 aromatic heterocycles. The van der Waals surface area contributed by atoms with Gasteiger partial charge in [-0.1, -0.05) is 24.3 Å². The maximum absolute atomic E-state index is 13.0. The lowest BCUT2D eigenvalue weighted by molar-refractivity contribution is -0.145. The molecule has 2 aromatic rings. The van der Waals surface area contributed by atoms with Gasteiger partial charge in [0.15, 0.2) is 0 Å². The minimum atomic E-state index is -1.06. The summed E-state index contributed by atoms with van der Waals surface area (Å²) < 4.78 is 5.70. The van der Waals surface area contributed by atoms with Crippen molar-refractivity contribution < 1.29 is 19.4 Å². The molecule has 0 radical (unpaired) electrons. The molecule has 1 N–H and O–H groups in total. The van der Waals surface area contributed by atoms with Gasteiger partial charge in [0.25, 0.3) is 5.91 Å². The van der Waals surface area contributed by atoms with E-state index in [4.69, 9.17) is 4.74 Å². The van der Waals surface area contributed by atoms with Crippen molar-refractivity contribution in [3.8, 4) is 11.8 Å². The van der Waals surface area contributed by atoms with E-state index in [1.165, 1.54) is 16.0 Å². The highest BCUT2D eigenvalue weighted by Crippen LogP contribution is 2.37. The molecule has 8 nitrogen and oxygen atoms in total. The van der Waals surface area contributed by atoms with Crippen LogP contribution in [0.4, 0.5) is 5.69 Å². The van der Waals surface area contributed by atoms with Crippen LogP contribution in [0.1, 0.15) is 22.3 Å². The first kappa shape index (κ1) is 19.7. The summed E-state index contributed by atoms with van der Waals surface area (Å²) in [5.74, 6) is -0.745. The first-order chi connectivity index (χ1) is 14.5. The van der Waals surface area contributed by atoms with E-state index in [2.05, 4.69) is 6.07 Å². The first-order valence-electron chi connectivity index (χ1n) is 9.71. The van der Waals surface area contributed by atoms with Gasteiger partial charge >= 0.3 is 5.97 Å². The van der Waals surface area contributed by atoms with E-state index in [1.54, 1.807) is 24.2 Å². The molecule has 0 atom stereocenters. The topological polar surface area (TPSA) is 97.1 Å². The van der Waals surface area contributed by atoms with E-state index in [-0.39, 0.29) is 19.0 Å². The SMILES string of the molecule is CN(C(=O)CN(CC(=O)O)c1cc(C#N)cc2c1OCC2)N1Cc2ccccc2C1. The number of ether oxygens (including phenoxy) is 1. The fourth-order valence-electron chi connectivity index (χ4n) is 3.93. The van der Waals surface area contributed by atoms with Crippen LogP contribution in [0.3, 0.4) is 0 Å². The van der Waals surface area contributed by atoms with Crippen LogP contribution in [-0.2, 0) is 29.1 Å². The second-order valence-corrected chi connectivity index (χ2v) is 7.45. The largest absolute Gasteiger partial charge is 0.491 e. The van der Waals surface area contributed by atoms with Gasteiger partial charge in [-0.15, -0.1) is 0 Å². The summed E-state index contributed by atoms with van der Waals surface area (Å²) in [5, 5.41) is 22.2. The smallest absolute Gasteiger partial charge is 0.323 e. The van der Waals surface area contributed by atoms with Crippen molar-refractivity contribution in [1.82, 2.24) is 10.0 Å². The summed E-state index contributed by atoms with van der Waals surface area (Å²) in [7, 11) is 1.69. The van der Waals surface area contributed by atoms with Crippen molar-refractivity contribution in [2.75, 3.05) is 31.6 Å². The lowest BCUT2D eigenvalue weighted by Gasteiger charge is -2.31. The number of hydrogen-bond acceptors (Lipinski definition) is 6.